The van der Waals surface area contributed by atoms with Crippen molar-refractivity contribution in [2.75, 3.05) is 33.3 Å². The molecule has 0 spiro atoms. The van der Waals surface area contributed by atoms with Gasteiger partial charge in [0, 0.05) is 47.9 Å². The molecule has 3 aromatic rings. The summed E-state index contributed by atoms with van der Waals surface area (Å²) >= 11 is 0. The fourth-order valence-corrected chi connectivity index (χ4v) is 6.15. The minimum Gasteiger partial charge on any atom is -0.496 e. The van der Waals surface area contributed by atoms with Gasteiger partial charge in [0.15, 0.2) is 0 Å². The first-order valence-corrected chi connectivity index (χ1v) is 13.1. The molecule has 1 aliphatic carbocycles. The average Bonchev–Trinajstić information content (AvgIpc) is 3.23. The number of fused-ring (bicyclic) bond motifs is 3. The van der Waals surface area contributed by atoms with Crippen LogP contribution >= 0.6 is 0 Å². The van der Waals surface area contributed by atoms with E-state index >= 15 is 0 Å². The fourth-order valence-electron chi connectivity index (χ4n) is 6.15. The maximum absolute atomic E-state index is 14.6. The Hall–Kier alpha value is -3.98. The molecule has 2 aromatic carbocycles. The number of halogens is 1. The van der Waals surface area contributed by atoms with Crippen LogP contribution in [0.25, 0.3) is 16.5 Å². The SMILES string of the molecule is COc1cccc(F)c1CN1CCC2CC2(NC(=O)c2ccc3[nH]nc(C4=CN5CCN=C5C=C4)c3c2)C1. The number of piperidine rings is 1. The van der Waals surface area contributed by atoms with Crippen LogP contribution in [0, 0.1) is 11.7 Å². The molecule has 194 valence electrons. The second-order valence-electron chi connectivity index (χ2n) is 10.6. The summed E-state index contributed by atoms with van der Waals surface area (Å²) < 4.78 is 20.0. The molecule has 1 saturated heterocycles. The van der Waals surface area contributed by atoms with Gasteiger partial charge >= 0.3 is 0 Å². The first kappa shape index (κ1) is 23.2. The maximum atomic E-state index is 14.6. The first-order chi connectivity index (χ1) is 18.5. The third-order valence-electron chi connectivity index (χ3n) is 8.29. The number of benzene rings is 2. The van der Waals surface area contributed by atoms with Gasteiger partial charge in [-0.05, 0) is 67.8 Å². The zero-order chi connectivity index (χ0) is 25.9. The number of hydrogen-bond acceptors (Lipinski definition) is 6. The number of methoxy groups -OCH3 is 1. The second-order valence-corrected chi connectivity index (χ2v) is 10.6. The molecule has 0 radical (unpaired) electrons. The lowest BCUT2D eigenvalue weighted by Crippen LogP contribution is -2.50. The molecule has 2 N–H and O–H groups in total. The van der Waals surface area contributed by atoms with Gasteiger partial charge in [0.05, 0.1) is 24.7 Å². The van der Waals surface area contributed by atoms with Gasteiger partial charge in [-0.1, -0.05) is 6.07 Å². The van der Waals surface area contributed by atoms with E-state index in [1.165, 1.54) is 6.07 Å². The largest absolute Gasteiger partial charge is 0.496 e. The van der Waals surface area contributed by atoms with Crippen LogP contribution in [-0.2, 0) is 6.54 Å². The van der Waals surface area contributed by atoms with Gasteiger partial charge in [-0.3, -0.25) is 19.8 Å². The van der Waals surface area contributed by atoms with Crippen molar-refractivity contribution in [1.82, 2.24) is 25.3 Å². The summed E-state index contributed by atoms with van der Waals surface area (Å²) in [6.45, 7) is 3.68. The van der Waals surface area contributed by atoms with E-state index in [9.17, 15) is 9.18 Å². The van der Waals surface area contributed by atoms with Crippen LogP contribution in [0.3, 0.4) is 0 Å². The molecule has 2 atom stereocenters. The number of ether oxygens (including phenoxy) is 1. The van der Waals surface area contributed by atoms with Crippen LogP contribution in [0.2, 0.25) is 0 Å². The van der Waals surface area contributed by atoms with Gasteiger partial charge in [-0.15, -0.1) is 0 Å². The molecular weight excluding hydrogens is 483 g/mol. The number of carbonyl (C=O) groups is 1. The first-order valence-electron chi connectivity index (χ1n) is 13.1. The van der Waals surface area contributed by atoms with E-state index in [-0.39, 0.29) is 17.3 Å². The number of nitrogens with zero attached hydrogens (tertiary/aromatic N) is 4. The van der Waals surface area contributed by atoms with Gasteiger partial charge in [0.2, 0.25) is 0 Å². The fraction of sp³-hybridized carbons (Fsp3) is 0.345. The van der Waals surface area contributed by atoms with Crippen molar-refractivity contribution in [2.45, 2.75) is 24.9 Å². The summed E-state index contributed by atoms with van der Waals surface area (Å²) in [4.78, 5) is 22.3. The van der Waals surface area contributed by atoms with Crippen molar-refractivity contribution >= 4 is 28.2 Å². The molecule has 1 amide bonds. The molecule has 9 heteroatoms. The van der Waals surface area contributed by atoms with Gasteiger partial charge in [-0.2, -0.15) is 5.10 Å². The van der Waals surface area contributed by atoms with Crippen molar-refractivity contribution in [3.05, 3.63) is 77.4 Å². The number of rotatable bonds is 6. The highest BCUT2D eigenvalue weighted by molar-refractivity contribution is 6.04. The Morgan fingerprint density at radius 3 is 3.08 bits per heavy atom. The van der Waals surface area contributed by atoms with E-state index < -0.39 is 0 Å². The van der Waals surface area contributed by atoms with Crippen molar-refractivity contribution < 1.29 is 13.9 Å². The number of amidine groups is 1. The van der Waals surface area contributed by atoms with Gasteiger partial charge < -0.3 is 15.0 Å². The lowest BCUT2D eigenvalue weighted by molar-refractivity contribution is 0.0886. The molecule has 2 fully saturated rings. The second kappa shape index (κ2) is 8.80. The summed E-state index contributed by atoms with van der Waals surface area (Å²) in [5, 5.41) is 11.9. The lowest BCUT2D eigenvalue weighted by atomic mass is 10.0. The molecule has 4 aliphatic rings. The van der Waals surface area contributed by atoms with Gasteiger partial charge in [0.25, 0.3) is 5.91 Å². The summed E-state index contributed by atoms with van der Waals surface area (Å²) in [5.41, 5.74) is 3.59. The molecular formula is C29H29FN6O2. The number of amides is 1. The van der Waals surface area contributed by atoms with Gasteiger partial charge in [-0.25, -0.2) is 4.39 Å². The van der Waals surface area contributed by atoms with E-state index in [2.05, 4.69) is 36.5 Å². The summed E-state index contributed by atoms with van der Waals surface area (Å²) in [6.07, 6.45) is 8.03. The maximum Gasteiger partial charge on any atom is 0.251 e. The quantitative estimate of drug-likeness (QED) is 0.526. The molecule has 0 bridgehead atoms. The number of H-pyrrole nitrogens is 1. The Kier molecular flexibility index (Phi) is 5.36. The zero-order valence-corrected chi connectivity index (χ0v) is 21.2. The molecule has 1 aromatic heterocycles. The number of aromatic nitrogens is 2. The molecule has 8 nitrogen and oxygen atoms in total. The highest BCUT2D eigenvalue weighted by Crippen LogP contribution is 2.50. The number of aliphatic imine (C=N–C) groups is 1. The Morgan fingerprint density at radius 2 is 2.18 bits per heavy atom. The smallest absolute Gasteiger partial charge is 0.251 e. The van der Waals surface area contributed by atoms with Crippen molar-refractivity contribution in [2.24, 2.45) is 10.9 Å². The van der Waals surface area contributed by atoms with Crippen LogP contribution in [-0.4, -0.2) is 70.6 Å². The van der Waals surface area contributed by atoms with E-state index in [1.807, 2.05) is 30.4 Å². The van der Waals surface area contributed by atoms with Crippen LogP contribution in [0.1, 0.15) is 34.5 Å². The van der Waals surface area contributed by atoms with Gasteiger partial charge in [0.1, 0.15) is 23.1 Å². The standard InChI is InChI=1S/C29H29FN6O2/c1-38-25-4-2-3-23(30)22(25)16-35-11-9-20-14-29(20,17-35)32-28(37)18-5-7-24-21(13-18)27(34-33-24)19-6-8-26-31-10-12-36(26)15-19/h2-8,13,15,20H,9-12,14,16-17H2,1H3,(H,32,37)(H,33,34). The monoisotopic (exact) mass is 512 g/mol. The average molecular weight is 513 g/mol. The number of aromatic amines is 1. The predicted molar refractivity (Wildman–Crippen MR) is 143 cm³/mol. The number of carbonyl (C=O) groups excluding carboxylic acids is 1. The van der Waals surface area contributed by atoms with E-state index in [0.29, 0.717) is 35.9 Å². The number of nitrogens with one attached hydrogen (secondary N) is 2. The highest BCUT2D eigenvalue weighted by atomic mass is 19.1. The number of hydrogen-bond donors (Lipinski definition) is 2. The molecule has 3 aliphatic heterocycles. The van der Waals surface area contributed by atoms with Crippen LogP contribution in [0.4, 0.5) is 4.39 Å². The number of allylic oxidation sites excluding steroid dienone is 2. The van der Waals surface area contributed by atoms with Crippen LogP contribution in [0.15, 0.2) is 59.7 Å². The Balaban J connectivity index is 1.10. The Labute approximate surface area is 219 Å². The Morgan fingerprint density at radius 1 is 1.26 bits per heavy atom. The Bertz CT molecular complexity index is 1540. The molecule has 7 rings (SSSR count). The van der Waals surface area contributed by atoms with Crippen LogP contribution < -0.4 is 10.1 Å². The molecule has 4 heterocycles. The van der Waals surface area contributed by atoms with E-state index in [4.69, 9.17) is 4.74 Å². The van der Waals surface area contributed by atoms with E-state index in [0.717, 1.165) is 60.5 Å². The third kappa shape index (κ3) is 3.89. The van der Waals surface area contributed by atoms with Crippen LogP contribution in [0.5, 0.6) is 5.75 Å². The predicted octanol–water partition coefficient (Wildman–Crippen LogP) is 3.73. The highest BCUT2D eigenvalue weighted by Gasteiger charge is 2.57. The third-order valence-corrected chi connectivity index (χ3v) is 8.29. The molecule has 2 unspecified atom stereocenters. The summed E-state index contributed by atoms with van der Waals surface area (Å²) in [6, 6.07) is 10.6. The molecule has 1 saturated carbocycles. The van der Waals surface area contributed by atoms with Crippen molar-refractivity contribution in [3.8, 4) is 5.75 Å². The number of likely N-dealkylation sites (tertiary alicyclic amines) is 1. The molecule has 38 heavy (non-hydrogen) atoms. The normalized spacial score (nSPS) is 24.1. The summed E-state index contributed by atoms with van der Waals surface area (Å²) in [5.74, 6) is 1.63. The van der Waals surface area contributed by atoms with E-state index in [1.54, 1.807) is 19.2 Å². The topological polar surface area (TPSA) is 85.8 Å². The van der Waals surface area contributed by atoms with Crippen molar-refractivity contribution in [1.29, 1.82) is 0 Å². The zero-order valence-electron chi connectivity index (χ0n) is 21.2. The van der Waals surface area contributed by atoms with Crippen molar-refractivity contribution in [3.63, 3.8) is 0 Å². The minimum absolute atomic E-state index is 0.0889. The summed E-state index contributed by atoms with van der Waals surface area (Å²) in [7, 11) is 1.56. The lowest BCUT2D eigenvalue weighted by Gasteiger charge is -2.33. The minimum atomic E-state index is -0.276.